The number of ether oxygens (including phenoxy) is 2. The molecule has 2 nitrogen and oxygen atoms in total. The standard InChI is InChI=1S/C30H33FO2/c1-4-7-21-30(5-2,25-16-18-26(19-17-25)32-6-3)22-11-12-24-15-20-28(31)29(23-24)33-27-13-9-8-10-14-27/h2,8-10,13-20,23H,4,6-7,11-12,21-22H2,1,3H3. The smallest absolute Gasteiger partial charge is 0.165 e. The molecule has 3 heteroatoms. The number of para-hydroxylation sites is 1. The van der Waals surface area contributed by atoms with Gasteiger partial charge in [-0.2, -0.15) is 0 Å². The van der Waals surface area contributed by atoms with Crippen LogP contribution in [0.15, 0.2) is 72.8 Å². The summed E-state index contributed by atoms with van der Waals surface area (Å²) in [5.74, 6) is 4.50. The Morgan fingerprint density at radius 2 is 1.61 bits per heavy atom. The van der Waals surface area contributed by atoms with E-state index < -0.39 is 0 Å². The molecule has 0 saturated heterocycles. The van der Waals surface area contributed by atoms with Crippen LogP contribution >= 0.6 is 0 Å². The molecule has 0 N–H and O–H groups in total. The summed E-state index contributed by atoms with van der Waals surface area (Å²) in [5.41, 5.74) is 1.88. The van der Waals surface area contributed by atoms with Crippen LogP contribution in [-0.4, -0.2) is 6.61 Å². The van der Waals surface area contributed by atoms with Crippen LogP contribution in [-0.2, 0) is 11.8 Å². The molecule has 0 aliphatic rings. The van der Waals surface area contributed by atoms with E-state index in [9.17, 15) is 4.39 Å². The first-order valence-electron chi connectivity index (χ1n) is 11.8. The van der Waals surface area contributed by atoms with Crippen LogP contribution in [0.1, 0.15) is 57.1 Å². The highest BCUT2D eigenvalue weighted by Gasteiger charge is 2.29. The van der Waals surface area contributed by atoms with Crippen molar-refractivity contribution in [1.82, 2.24) is 0 Å². The van der Waals surface area contributed by atoms with Gasteiger partial charge in [-0.05, 0) is 80.1 Å². The predicted octanol–water partition coefficient (Wildman–Crippen LogP) is 8.10. The number of hydrogen-bond donors (Lipinski definition) is 0. The Kier molecular flexibility index (Phi) is 8.95. The molecule has 0 aliphatic heterocycles. The summed E-state index contributed by atoms with van der Waals surface area (Å²) in [5, 5.41) is 0. The third kappa shape index (κ3) is 6.62. The molecular weight excluding hydrogens is 411 g/mol. The number of aryl methyl sites for hydroxylation is 1. The van der Waals surface area contributed by atoms with E-state index in [2.05, 4.69) is 25.0 Å². The van der Waals surface area contributed by atoms with Crippen LogP contribution in [0.3, 0.4) is 0 Å². The lowest BCUT2D eigenvalue weighted by atomic mass is 9.73. The van der Waals surface area contributed by atoms with E-state index in [0.29, 0.717) is 12.4 Å². The fourth-order valence-electron chi connectivity index (χ4n) is 4.15. The molecule has 0 aromatic heterocycles. The van der Waals surface area contributed by atoms with Gasteiger partial charge in [-0.15, -0.1) is 6.42 Å². The second kappa shape index (κ2) is 12.1. The molecule has 0 aliphatic carbocycles. The maximum atomic E-state index is 14.3. The Hall–Kier alpha value is -3.25. The molecule has 0 amide bonds. The van der Waals surface area contributed by atoms with Crippen LogP contribution in [0.5, 0.6) is 17.2 Å². The van der Waals surface area contributed by atoms with Crippen molar-refractivity contribution in [2.75, 3.05) is 6.61 Å². The molecule has 172 valence electrons. The molecule has 3 rings (SSSR count). The highest BCUT2D eigenvalue weighted by Crippen LogP contribution is 2.36. The quantitative estimate of drug-likeness (QED) is 0.263. The largest absolute Gasteiger partial charge is 0.494 e. The van der Waals surface area contributed by atoms with E-state index in [1.54, 1.807) is 6.07 Å². The monoisotopic (exact) mass is 444 g/mol. The summed E-state index contributed by atoms with van der Waals surface area (Å²) in [6, 6.07) is 22.6. The van der Waals surface area contributed by atoms with Crippen molar-refractivity contribution in [2.24, 2.45) is 0 Å². The Labute approximate surface area is 197 Å². The van der Waals surface area contributed by atoms with Gasteiger partial charge in [0.25, 0.3) is 0 Å². The van der Waals surface area contributed by atoms with E-state index in [1.807, 2.05) is 55.5 Å². The van der Waals surface area contributed by atoms with Gasteiger partial charge in [-0.1, -0.05) is 62.1 Å². The Balaban J connectivity index is 1.72. The minimum absolute atomic E-state index is 0.249. The molecule has 0 heterocycles. The molecule has 33 heavy (non-hydrogen) atoms. The van der Waals surface area contributed by atoms with Crippen LogP contribution in [0, 0.1) is 18.2 Å². The fourth-order valence-corrected chi connectivity index (χ4v) is 4.15. The minimum atomic E-state index is -0.363. The van der Waals surface area contributed by atoms with E-state index in [-0.39, 0.29) is 17.0 Å². The average molecular weight is 445 g/mol. The molecule has 1 unspecified atom stereocenters. The lowest BCUT2D eigenvalue weighted by Crippen LogP contribution is -2.24. The average Bonchev–Trinajstić information content (AvgIpc) is 2.85. The van der Waals surface area contributed by atoms with Crippen molar-refractivity contribution in [2.45, 2.75) is 57.8 Å². The topological polar surface area (TPSA) is 18.5 Å². The Morgan fingerprint density at radius 3 is 2.27 bits per heavy atom. The van der Waals surface area contributed by atoms with E-state index in [1.165, 1.54) is 6.07 Å². The van der Waals surface area contributed by atoms with Crippen LogP contribution < -0.4 is 9.47 Å². The van der Waals surface area contributed by atoms with Gasteiger partial charge in [0.2, 0.25) is 0 Å². The lowest BCUT2D eigenvalue weighted by molar-refractivity contribution is 0.339. The first-order chi connectivity index (χ1) is 16.1. The SMILES string of the molecule is C#CC(CCCC)(CCCc1ccc(F)c(Oc2ccccc2)c1)c1ccc(OCC)cc1. The van der Waals surface area contributed by atoms with Crippen LogP contribution in [0.25, 0.3) is 0 Å². The third-order valence-corrected chi connectivity index (χ3v) is 5.99. The molecular formula is C30H33FO2. The van der Waals surface area contributed by atoms with Gasteiger partial charge in [0.1, 0.15) is 11.5 Å². The van der Waals surface area contributed by atoms with Gasteiger partial charge < -0.3 is 9.47 Å². The highest BCUT2D eigenvalue weighted by molar-refractivity contribution is 5.39. The van der Waals surface area contributed by atoms with E-state index in [0.717, 1.165) is 55.4 Å². The molecule has 3 aromatic carbocycles. The molecule has 0 saturated carbocycles. The minimum Gasteiger partial charge on any atom is -0.494 e. The number of unbranched alkanes of at least 4 members (excludes halogenated alkanes) is 1. The first kappa shape index (κ1) is 24.4. The zero-order valence-corrected chi connectivity index (χ0v) is 19.6. The Morgan fingerprint density at radius 1 is 0.879 bits per heavy atom. The molecule has 0 radical (unpaired) electrons. The summed E-state index contributed by atoms with van der Waals surface area (Å²) in [6.07, 6.45) is 11.8. The number of benzene rings is 3. The zero-order valence-electron chi connectivity index (χ0n) is 19.6. The van der Waals surface area contributed by atoms with Gasteiger partial charge in [0.05, 0.1) is 12.0 Å². The summed E-state index contributed by atoms with van der Waals surface area (Å²) in [6.45, 7) is 4.81. The summed E-state index contributed by atoms with van der Waals surface area (Å²) in [7, 11) is 0. The summed E-state index contributed by atoms with van der Waals surface area (Å²) >= 11 is 0. The van der Waals surface area contributed by atoms with Gasteiger partial charge in [0.15, 0.2) is 11.6 Å². The van der Waals surface area contributed by atoms with E-state index >= 15 is 0 Å². The van der Waals surface area contributed by atoms with E-state index in [4.69, 9.17) is 15.9 Å². The molecule has 0 bridgehead atoms. The second-order valence-corrected chi connectivity index (χ2v) is 8.32. The molecule has 0 spiro atoms. The number of halogens is 1. The third-order valence-electron chi connectivity index (χ3n) is 5.99. The number of rotatable bonds is 12. The van der Waals surface area contributed by atoms with Crippen LogP contribution in [0.2, 0.25) is 0 Å². The molecule has 3 aromatic rings. The van der Waals surface area contributed by atoms with Crippen molar-refractivity contribution in [1.29, 1.82) is 0 Å². The van der Waals surface area contributed by atoms with Crippen LogP contribution in [0.4, 0.5) is 4.39 Å². The summed E-state index contributed by atoms with van der Waals surface area (Å²) in [4.78, 5) is 0. The highest BCUT2D eigenvalue weighted by atomic mass is 19.1. The lowest BCUT2D eigenvalue weighted by Gasteiger charge is -2.29. The van der Waals surface area contributed by atoms with Gasteiger partial charge in [-0.25, -0.2) is 4.39 Å². The second-order valence-electron chi connectivity index (χ2n) is 8.32. The number of hydrogen-bond acceptors (Lipinski definition) is 2. The van der Waals surface area contributed by atoms with Crippen molar-refractivity contribution in [3.05, 3.63) is 89.7 Å². The first-order valence-corrected chi connectivity index (χ1v) is 11.8. The Bertz CT molecular complexity index is 1040. The maximum Gasteiger partial charge on any atom is 0.165 e. The van der Waals surface area contributed by atoms with Gasteiger partial charge in [-0.3, -0.25) is 0 Å². The molecule has 1 atom stereocenters. The maximum absolute atomic E-state index is 14.3. The number of terminal acetylenes is 1. The van der Waals surface area contributed by atoms with Crippen molar-refractivity contribution in [3.8, 4) is 29.6 Å². The molecule has 0 fully saturated rings. The van der Waals surface area contributed by atoms with Crippen molar-refractivity contribution < 1.29 is 13.9 Å². The normalized spacial score (nSPS) is 12.5. The van der Waals surface area contributed by atoms with Crippen molar-refractivity contribution >= 4 is 0 Å². The zero-order chi connectivity index (χ0) is 23.5. The van der Waals surface area contributed by atoms with Gasteiger partial charge >= 0.3 is 0 Å². The van der Waals surface area contributed by atoms with Crippen molar-refractivity contribution in [3.63, 3.8) is 0 Å². The van der Waals surface area contributed by atoms with Gasteiger partial charge in [0, 0.05) is 0 Å². The summed E-state index contributed by atoms with van der Waals surface area (Å²) < 4.78 is 25.7. The predicted molar refractivity (Wildman–Crippen MR) is 134 cm³/mol. The fraction of sp³-hybridized carbons (Fsp3) is 0.333.